The summed E-state index contributed by atoms with van der Waals surface area (Å²) in [4.78, 5) is 5.31. The molecule has 178 valence electrons. The second kappa shape index (κ2) is 6.86. The van der Waals surface area contributed by atoms with Crippen molar-refractivity contribution in [2.45, 2.75) is 0 Å². The summed E-state index contributed by atoms with van der Waals surface area (Å²) >= 11 is 0. The van der Waals surface area contributed by atoms with E-state index in [4.69, 9.17) is 4.98 Å². The van der Waals surface area contributed by atoms with Gasteiger partial charge in [-0.3, -0.25) is 4.57 Å². The molecule has 0 atom stereocenters. The van der Waals surface area contributed by atoms with Crippen molar-refractivity contribution in [3.05, 3.63) is 121 Å². The van der Waals surface area contributed by atoms with Crippen LogP contribution in [0, 0.1) is 0 Å². The zero-order valence-corrected chi connectivity index (χ0v) is 21.0. The molecular formula is C35H20BN3. The van der Waals surface area contributed by atoms with Crippen LogP contribution in [-0.4, -0.2) is 20.8 Å². The number of rotatable bonds is 1. The van der Waals surface area contributed by atoms with Crippen LogP contribution >= 0.6 is 0 Å². The Balaban J connectivity index is 1.48. The van der Waals surface area contributed by atoms with Crippen LogP contribution in [-0.2, 0) is 0 Å². The number of para-hydroxylation sites is 2. The van der Waals surface area contributed by atoms with E-state index in [1.807, 2.05) is 0 Å². The Morgan fingerprint density at radius 3 is 2.15 bits per heavy atom. The van der Waals surface area contributed by atoms with Crippen LogP contribution in [0.2, 0.25) is 0 Å². The summed E-state index contributed by atoms with van der Waals surface area (Å²) in [6.07, 6.45) is 0. The van der Waals surface area contributed by atoms with Gasteiger partial charge in [0.15, 0.2) is 0 Å². The van der Waals surface area contributed by atoms with Crippen LogP contribution in [0.5, 0.6) is 0 Å². The van der Waals surface area contributed by atoms with Crippen LogP contribution in [0.25, 0.3) is 66.4 Å². The van der Waals surface area contributed by atoms with E-state index in [-0.39, 0.29) is 6.71 Å². The zero-order valence-electron chi connectivity index (χ0n) is 21.0. The van der Waals surface area contributed by atoms with Crippen molar-refractivity contribution in [3.63, 3.8) is 0 Å². The lowest BCUT2D eigenvalue weighted by Gasteiger charge is -2.34. The minimum absolute atomic E-state index is 0.123. The summed E-state index contributed by atoms with van der Waals surface area (Å²) in [5.74, 6) is 0.996. The van der Waals surface area contributed by atoms with Crippen molar-refractivity contribution >= 4 is 66.7 Å². The van der Waals surface area contributed by atoms with Gasteiger partial charge in [0.2, 0.25) is 0 Å². The molecule has 4 heteroatoms. The van der Waals surface area contributed by atoms with Crippen molar-refractivity contribution in [1.82, 2.24) is 14.1 Å². The van der Waals surface area contributed by atoms with E-state index in [2.05, 4.69) is 130 Å². The molecular weight excluding hydrogens is 473 g/mol. The fourth-order valence-corrected chi connectivity index (χ4v) is 7.46. The molecule has 0 bridgehead atoms. The molecule has 0 unspecified atom stereocenters. The highest BCUT2D eigenvalue weighted by Gasteiger charge is 2.41. The Morgan fingerprint density at radius 1 is 0.538 bits per heavy atom. The lowest BCUT2D eigenvalue weighted by atomic mass is 9.33. The summed E-state index contributed by atoms with van der Waals surface area (Å²) in [6, 6.07) is 44.2. The molecule has 8 aromatic rings. The second-order valence-electron chi connectivity index (χ2n) is 10.8. The topological polar surface area (TPSA) is 22.8 Å². The van der Waals surface area contributed by atoms with Gasteiger partial charge in [0.05, 0.1) is 16.6 Å². The molecule has 0 aliphatic carbocycles. The van der Waals surface area contributed by atoms with Gasteiger partial charge in [0.25, 0.3) is 6.71 Å². The number of hydrogen-bond donors (Lipinski definition) is 0. The summed E-state index contributed by atoms with van der Waals surface area (Å²) in [7, 11) is 0. The molecule has 0 fully saturated rings. The maximum absolute atomic E-state index is 5.31. The maximum Gasteiger partial charge on any atom is 0.253 e. The van der Waals surface area contributed by atoms with E-state index in [1.165, 1.54) is 65.9 Å². The third-order valence-electron chi connectivity index (χ3n) is 8.89. The maximum atomic E-state index is 5.31. The van der Waals surface area contributed by atoms with Gasteiger partial charge < -0.3 is 4.57 Å². The molecule has 6 aromatic carbocycles. The molecule has 39 heavy (non-hydrogen) atoms. The molecule has 2 aliphatic heterocycles. The van der Waals surface area contributed by atoms with Gasteiger partial charge in [-0.1, -0.05) is 97.1 Å². The minimum Gasteiger partial charge on any atom is -0.310 e. The van der Waals surface area contributed by atoms with Crippen LogP contribution < -0.4 is 16.4 Å². The quantitative estimate of drug-likeness (QED) is 0.254. The Labute approximate surface area is 224 Å². The summed E-state index contributed by atoms with van der Waals surface area (Å²) in [5.41, 5.74) is 12.6. The highest BCUT2D eigenvalue weighted by Crippen LogP contribution is 2.38. The smallest absolute Gasteiger partial charge is 0.253 e. The van der Waals surface area contributed by atoms with Crippen molar-refractivity contribution in [2.75, 3.05) is 0 Å². The van der Waals surface area contributed by atoms with E-state index in [0.29, 0.717) is 0 Å². The monoisotopic (exact) mass is 493 g/mol. The van der Waals surface area contributed by atoms with E-state index in [1.54, 1.807) is 0 Å². The zero-order chi connectivity index (χ0) is 25.2. The third kappa shape index (κ3) is 2.30. The lowest BCUT2D eigenvalue weighted by Crippen LogP contribution is -2.59. The third-order valence-corrected chi connectivity index (χ3v) is 8.89. The standard InChI is InChI=1S/C35H20BN3/c1-2-10-21(11-3-1)35-37-27-20-22-12-4-5-13-23(22)31-34(27)39(35)30-19-9-18-29-32(30)36(31)26-16-8-15-25-24-14-6-7-17-28(24)38(29)33(25)26/h1-20H. The van der Waals surface area contributed by atoms with Gasteiger partial charge in [-0.15, -0.1) is 0 Å². The fraction of sp³-hybridized carbons (Fsp3) is 0. The van der Waals surface area contributed by atoms with Crippen LogP contribution in [0.4, 0.5) is 0 Å². The molecule has 0 spiro atoms. The average molecular weight is 493 g/mol. The minimum atomic E-state index is 0.123. The van der Waals surface area contributed by atoms with Crippen molar-refractivity contribution < 1.29 is 0 Å². The van der Waals surface area contributed by atoms with Gasteiger partial charge in [-0.25, -0.2) is 4.98 Å². The normalized spacial score (nSPS) is 13.1. The van der Waals surface area contributed by atoms with E-state index in [9.17, 15) is 0 Å². The Bertz CT molecular complexity index is 2340. The first-order chi connectivity index (χ1) is 19.4. The fourth-order valence-electron chi connectivity index (χ4n) is 7.46. The predicted molar refractivity (Wildman–Crippen MR) is 163 cm³/mol. The first-order valence-electron chi connectivity index (χ1n) is 13.5. The van der Waals surface area contributed by atoms with E-state index >= 15 is 0 Å². The Morgan fingerprint density at radius 2 is 1.26 bits per heavy atom. The average Bonchev–Trinajstić information content (AvgIpc) is 3.55. The van der Waals surface area contributed by atoms with E-state index in [0.717, 1.165) is 16.9 Å². The second-order valence-corrected chi connectivity index (χ2v) is 10.8. The molecule has 0 N–H and O–H groups in total. The Hall–Kier alpha value is -5.09. The summed E-state index contributed by atoms with van der Waals surface area (Å²) in [6.45, 7) is 0.123. The van der Waals surface area contributed by atoms with E-state index < -0.39 is 0 Å². The first-order valence-corrected chi connectivity index (χ1v) is 13.5. The molecule has 0 saturated carbocycles. The van der Waals surface area contributed by atoms with Gasteiger partial charge in [-0.2, -0.15) is 0 Å². The predicted octanol–water partition coefficient (Wildman–Crippen LogP) is 6.09. The SMILES string of the molecule is c1ccc(-c2nc3cc4ccccc4c4c3n2-c2cccc3c2B4c2cccc4c5ccccc5n-3c24)cc1. The first kappa shape index (κ1) is 20.0. The van der Waals surface area contributed by atoms with Crippen molar-refractivity contribution in [2.24, 2.45) is 0 Å². The molecule has 10 rings (SSSR count). The van der Waals surface area contributed by atoms with Crippen LogP contribution in [0.3, 0.4) is 0 Å². The number of aromatic nitrogens is 3. The molecule has 4 heterocycles. The number of nitrogens with zero attached hydrogens (tertiary/aromatic N) is 3. The number of imidazole rings is 1. The number of fused-ring (bicyclic) bond motifs is 9. The van der Waals surface area contributed by atoms with Crippen LogP contribution in [0.1, 0.15) is 0 Å². The largest absolute Gasteiger partial charge is 0.310 e. The van der Waals surface area contributed by atoms with Gasteiger partial charge in [0.1, 0.15) is 5.82 Å². The van der Waals surface area contributed by atoms with Gasteiger partial charge in [0, 0.05) is 33.2 Å². The molecule has 0 saturated heterocycles. The highest BCUT2D eigenvalue weighted by atomic mass is 15.1. The number of hydrogen-bond acceptors (Lipinski definition) is 1. The molecule has 3 nitrogen and oxygen atoms in total. The summed E-state index contributed by atoms with van der Waals surface area (Å²) in [5, 5.41) is 5.17. The van der Waals surface area contributed by atoms with Crippen LogP contribution in [0.15, 0.2) is 121 Å². The van der Waals surface area contributed by atoms with Gasteiger partial charge >= 0.3 is 0 Å². The number of benzene rings is 6. The Kier molecular flexibility index (Phi) is 3.51. The van der Waals surface area contributed by atoms with Crippen molar-refractivity contribution in [1.29, 1.82) is 0 Å². The van der Waals surface area contributed by atoms with Crippen molar-refractivity contribution in [3.8, 4) is 22.8 Å². The summed E-state index contributed by atoms with van der Waals surface area (Å²) < 4.78 is 4.93. The molecule has 0 amide bonds. The van der Waals surface area contributed by atoms with Gasteiger partial charge in [-0.05, 0) is 51.4 Å². The lowest BCUT2D eigenvalue weighted by molar-refractivity contribution is 1.09. The molecule has 0 radical (unpaired) electrons. The molecule has 2 aromatic heterocycles. The molecule has 2 aliphatic rings. The highest BCUT2D eigenvalue weighted by molar-refractivity contribution is 7.01.